The van der Waals surface area contributed by atoms with Gasteiger partial charge in [-0.05, 0) is 24.3 Å². The Morgan fingerprint density at radius 3 is 2.86 bits per heavy atom. The van der Waals surface area contributed by atoms with Gasteiger partial charge in [-0.25, -0.2) is 0 Å². The average Bonchev–Trinajstić information content (AvgIpc) is 3.35. The highest BCUT2D eigenvalue weighted by atomic mass is 32.2. The number of methoxy groups -OCH3 is 1. The summed E-state index contributed by atoms with van der Waals surface area (Å²) in [7, 11) is 1.60. The Morgan fingerprint density at radius 1 is 1.29 bits per heavy atom. The first-order valence-corrected chi connectivity index (χ1v) is 9.33. The maximum atomic E-state index is 11.9. The van der Waals surface area contributed by atoms with Crippen molar-refractivity contribution in [2.24, 2.45) is 5.73 Å². The quantitative estimate of drug-likeness (QED) is 0.518. The standard InChI is InChI=1S/C18H19N5O4S/c1-26-13-5-2-4-12(8-13)17-21-22-18(23(17)10-14-6-3-7-27-14)28-11-16(25)20-9-15(19)24/h2-8H,9-11H2,1H3,(H2,19,24)(H,20,25). The number of hydrogen-bond acceptors (Lipinski definition) is 7. The van der Waals surface area contributed by atoms with Crippen LogP contribution in [-0.4, -0.2) is 46.0 Å². The number of furan rings is 1. The van der Waals surface area contributed by atoms with Crippen LogP contribution in [0.4, 0.5) is 0 Å². The Morgan fingerprint density at radius 2 is 2.14 bits per heavy atom. The highest BCUT2D eigenvalue weighted by Gasteiger charge is 2.17. The zero-order valence-corrected chi connectivity index (χ0v) is 15.9. The lowest BCUT2D eigenvalue weighted by Gasteiger charge is -2.09. The van der Waals surface area contributed by atoms with Crippen LogP contribution in [0, 0.1) is 0 Å². The van der Waals surface area contributed by atoms with Gasteiger partial charge in [0, 0.05) is 5.56 Å². The smallest absolute Gasteiger partial charge is 0.236 e. The predicted octanol–water partition coefficient (Wildman–Crippen LogP) is 1.29. The Kier molecular flexibility index (Phi) is 6.33. The van der Waals surface area contributed by atoms with Crippen molar-refractivity contribution in [3.05, 3.63) is 48.4 Å². The number of nitrogens with zero attached hydrogens (tertiary/aromatic N) is 3. The normalized spacial score (nSPS) is 10.6. The van der Waals surface area contributed by atoms with Crippen molar-refractivity contribution in [3.8, 4) is 17.1 Å². The highest BCUT2D eigenvalue weighted by molar-refractivity contribution is 7.99. The summed E-state index contributed by atoms with van der Waals surface area (Å²) < 4.78 is 12.6. The summed E-state index contributed by atoms with van der Waals surface area (Å²) in [4.78, 5) is 22.7. The van der Waals surface area contributed by atoms with E-state index in [4.69, 9.17) is 14.9 Å². The average molecular weight is 401 g/mol. The number of nitrogens with one attached hydrogen (secondary N) is 1. The van der Waals surface area contributed by atoms with E-state index in [1.807, 2.05) is 34.9 Å². The van der Waals surface area contributed by atoms with Gasteiger partial charge in [-0.15, -0.1) is 10.2 Å². The number of amides is 2. The second-order valence-electron chi connectivity index (χ2n) is 5.74. The van der Waals surface area contributed by atoms with Crippen LogP contribution >= 0.6 is 11.8 Å². The first-order chi connectivity index (χ1) is 13.6. The topological polar surface area (TPSA) is 125 Å². The number of aromatic nitrogens is 3. The molecular formula is C18H19N5O4S. The van der Waals surface area contributed by atoms with Crippen LogP contribution in [0.15, 0.2) is 52.2 Å². The van der Waals surface area contributed by atoms with Gasteiger partial charge in [0.2, 0.25) is 11.8 Å². The molecule has 3 aromatic rings. The van der Waals surface area contributed by atoms with E-state index in [-0.39, 0.29) is 18.2 Å². The molecular weight excluding hydrogens is 382 g/mol. The first-order valence-electron chi connectivity index (χ1n) is 8.34. The molecule has 0 radical (unpaired) electrons. The van der Waals surface area contributed by atoms with Gasteiger partial charge in [0.15, 0.2) is 11.0 Å². The van der Waals surface area contributed by atoms with Crippen LogP contribution in [0.25, 0.3) is 11.4 Å². The van der Waals surface area contributed by atoms with Crippen LogP contribution in [0.3, 0.4) is 0 Å². The molecule has 146 valence electrons. The van der Waals surface area contributed by atoms with Crippen molar-refractivity contribution in [1.29, 1.82) is 0 Å². The van der Waals surface area contributed by atoms with E-state index in [1.165, 1.54) is 11.8 Å². The highest BCUT2D eigenvalue weighted by Crippen LogP contribution is 2.27. The summed E-state index contributed by atoms with van der Waals surface area (Å²) >= 11 is 1.21. The van der Waals surface area contributed by atoms with E-state index in [1.54, 1.807) is 19.4 Å². The molecule has 9 nitrogen and oxygen atoms in total. The largest absolute Gasteiger partial charge is 0.497 e. The van der Waals surface area contributed by atoms with Gasteiger partial charge in [0.25, 0.3) is 0 Å². The minimum Gasteiger partial charge on any atom is -0.497 e. The third-order valence-corrected chi connectivity index (χ3v) is 4.70. The molecule has 0 bridgehead atoms. The lowest BCUT2D eigenvalue weighted by molar-refractivity contribution is -0.123. The number of carbonyl (C=O) groups is 2. The number of nitrogens with two attached hydrogens (primary N) is 1. The number of hydrogen-bond donors (Lipinski definition) is 2. The number of thioether (sulfide) groups is 1. The minimum atomic E-state index is -0.598. The van der Waals surface area contributed by atoms with E-state index in [0.29, 0.717) is 23.3 Å². The molecule has 0 atom stereocenters. The molecule has 0 aliphatic heterocycles. The van der Waals surface area contributed by atoms with Crippen molar-refractivity contribution in [2.75, 3.05) is 19.4 Å². The fraction of sp³-hybridized carbons (Fsp3) is 0.222. The maximum Gasteiger partial charge on any atom is 0.236 e. The summed E-state index contributed by atoms with van der Waals surface area (Å²) in [6.07, 6.45) is 1.59. The SMILES string of the molecule is COc1cccc(-c2nnc(SCC(=O)NCC(N)=O)n2Cc2ccco2)c1. The molecule has 0 spiro atoms. The molecule has 3 N–H and O–H groups in total. The number of carbonyl (C=O) groups excluding carboxylic acids is 2. The van der Waals surface area contributed by atoms with Gasteiger partial charge in [-0.2, -0.15) is 0 Å². The molecule has 1 aromatic carbocycles. The van der Waals surface area contributed by atoms with Crippen molar-refractivity contribution in [1.82, 2.24) is 20.1 Å². The maximum absolute atomic E-state index is 11.9. The molecule has 3 rings (SSSR count). The molecule has 0 aliphatic rings. The van der Waals surface area contributed by atoms with Crippen LogP contribution in [-0.2, 0) is 16.1 Å². The van der Waals surface area contributed by atoms with Crippen LogP contribution in [0.5, 0.6) is 5.75 Å². The Labute approximate surface area is 165 Å². The number of primary amides is 1. The monoisotopic (exact) mass is 401 g/mol. The van der Waals surface area contributed by atoms with E-state index in [2.05, 4.69) is 15.5 Å². The Balaban J connectivity index is 1.84. The summed E-state index contributed by atoms with van der Waals surface area (Å²) in [5.41, 5.74) is 5.85. The fourth-order valence-corrected chi connectivity index (χ4v) is 3.21. The second-order valence-corrected chi connectivity index (χ2v) is 6.68. The van der Waals surface area contributed by atoms with Gasteiger partial charge < -0.3 is 20.2 Å². The molecule has 2 heterocycles. The summed E-state index contributed by atoms with van der Waals surface area (Å²) in [6, 6.07) is 11.1. The second kappa shape index (κ2) is 9.09. The van der Waals surface area contributed by atoms with Crippen LogP contribution in [0.1, 0.15) is 5.76 Å². The lowest BCUT2D eigenvalue weighted by Crippen LogP contribution is -2.34. The van der Waals surface area contributed by atoms with Crippen molar-refractivity contribution in [3.63, 3.8) is 0 Å². The van der Waals surface area contributed by atoms with E-state index in [0.717, 1.165) is 11.3 Å². The van der Waals surface area contributed by atoms with Crippen molar-refractivity contribution < 1.29 is 18.7 Å². The zero-order chi connectivity index (χ0) is 19.9. The zero-order valence-electron chi connectivity index (χ0n) is 15.1. The lowest BCUT2D eigenvalue weighted by atomic mass is 10.2. The molecule has 0 saturated carbocycles. The number of ether oxygens (including phenoxy) is 1. The summed E-state index contributed by atoms with van der Waals surface area (Å²) in [5.74, 6) is 1.20. The van der Waals surface area contributed by atoms with Crippen molar-refractivity contribution >= 4 is 23.6 Å². The van der Waals surface area contributed by atoms with Gasteiger partial charge >= 0.3 is 0 Å². The summed E-state index contributed by atoms with van der Waals surface area (Å²) in [5, 5.41) is 11.5. The minimum absolute atomic E-state index is 0.0711. The van der Waals surface area contributed by atoms with E-state index < -0.39 is 5.91 Å². The number of rotatable bonds is 9. The van der Waals surface area contributed by atoms with E-state index >= 15 is 0 Å². The summed E-state index contributed by atoms with van der Waals surface area (Å²) in [6.45, 7) is 0.200. The van der Waals surface area contributed by atoms with Gasteiger partial charge in [0.1, 0.15) is 11.5 Å². The Hall–Kier alpha value is -3.27. The predicted molar refractivity (Wildman–Crippen MR) is 103 cm³/mol. The van der Waals surface area contributed by atoms with Crippen LogP contribution < -0.4 is 15.8 Å². The third-order valence-electron chi connectivity index (χ3n) is 3.73. The first kappa shape index (κ1) is 19.5. The molecule has 2 aromatic heterocycles. The number of benzene rings is 1. The molecule has 10 heteroatoms. The molecule has 0 fully saturated rings. The molecule has 2 amide bonds. The fourth-order valence-electron chi connectivity index (χ4n) is 2.44. The van der Waals surface area contributed by atoms with Gasteiger partial charge in [-0.3, -0.25) is 14.2 Å². The molecule has 28 heavy (non-hydrogen) atoms. The molecule has 0 aliphatic carbocycles. The van der Waals surface area contributed by atoms with Crippen LogP contribution in [0.2, 0.25) is 0 Å². The molecule has 0 unspecified atom stereocenters. The molecule has 0 saturated heterocycles. The van der Waals surface area contributed by atoms with E-state index in [9.17, 15) is 9.59 Å². The Bertz CT molecular complexity index is 955. The third kappa shape index (κ3) is 4.92. The van der Waals surface area contributed by atoms with Crippen molar-refractivity contribution in [2.45, 2.75) is 11.7 Å². The van der Waals surface area contributed by atoms with Gasteiger partial charge in [-0.1, -0.05) is 23.9 Å². The van der Waals surface area contributed by atoms with Gasteiger partial charge in [0.05, 0.1) is 32.2 Å².